The van der Waals surface area contributed by atoms with Crippen molar-refractivity contribution >= 4 is 12.0 Å². The van der Waals surface area contributed by atoms with E-state index >= 15 is 0 Å². The van der Waals surface area contributed by atoms with Crippen LogP contribution < -0.4 is 5.73 Å². The predicted molar refractivity (Wildman–Crippen MR) is 68.0 cm³/mol. The van der Waals surface area contributed by atoms with Gasteiger partial charge in [0.1, 0.15) is 6.61 Å². The van der Waals surface area contributed by atoms with Gasteiger partial charge in [0.25, 0.3) is 0 Å². The normalized spacial score (nSPS) is 11.5. The maximum atomic E-state index is 11.5. The Balaban J connectivity index is 2.53. The molecule has 3 N–H and O–H groups in total. The zero-order chi connectivity index (χ0) is 14.4. The number of rotatable bonds is 5. The fourth-order valence-electron chi connectivity index (χ4n) is 1.30. The molecule has 6 heteroatoms. The number of hydroxylamine groups is 2. The third kappa shape index (κ3) is 4.11. The number of amides is 2. The van der Waals surface area contributed by atoms with Gasteiger partial charge in [-0.1, -0.05) is 36.9 Å². The van der Waals surface area contributed by atoms with Gasteiger partial charge >= 0.3 is 6.09 Å². The molecule has 0 fully saturated rings. The summed E-state index contributed by atoms with van der Waals surface area (Å²) in [7, 11) is 0. The number of ether oxygens (including phenoxy) is 1. The molecule has 2 amide bonds. The highest BCUT2D eigenvalue weighted by Crippen LogP contribution is 2.09. The molecule has 0 saturated carbocycles. The lowest BCUT2D eigenvalue weighted by atomic mass is 10.1. The number of hydrogen-bond donors (Lipinski definition) is 2. The quantitative estimate of drug-likeness (QED) is 0.478. The van der Waals surface area contributed by atoms with Crippen LogP contribution in [0.25, 0.3) is 0 Å². The molecule has 102 valence electrons. The van der Waals surface area contributed by atoms with Gasteiger partial charge in [-0.2, -0.15) is 5.06 Å². The first-order valence-corrected chi connectivity index (χ1v) is 5.61. The van der Waals surface area contributed by atoms with E-state index < -0.39 is 18.0 Å². The molecule has 0 spiro atoms. The zero-order valence-electron chi connectivity index (χ0n) is 10.6. The smallest absolute Gasteiger partial charge is 0.434 e. The van der Waals surface area contributed by atoms with E-state index in [4.69, 9.17) is 10.5 Å². The van der Waals surface area contributed by atoms with Crippen LogP contribution in [0.1, 0.15) is 12.5 Å². The van der Waals surface area contributed by atoms with Crippen molar-refractivity contribution in [1.82, 2.24) is 5.06 Å². The molecular formula is C13H16N2O4. The first kappa shape index (κ1) is 14.7. The van der Waals surface area contributed by atoms with Crippen molar-refractivity contribution in [2.45, 2.75) is 19.6 Å². The average molecular weight is 264 g/mol. The molecule has 1 unspecified atom stereocenters. The highest BCUT2D eigenvalue weighted by molar-refractivity contribution is 5.92. The highest BCUT2D eigenvalue weighted by atomic mass is 16.6. The molecule has 0 aliphatic rings. The summed E-state index contributed by atoms with van der Waals surface area (Å²) in [6.07, 6.45) is -0.973. The molecule has 1 atom stereocenters. The van der Waals surface area contributed by atoms with Crippen LogP contribution in [0.4, 0.5) is 4.79 Å². The van der Waals surface area contributed by atoms with E-state index in [1.807, 2.05) is 6.07 Å². The minimum atomic E-state index is -0.973. The summed E-state index contributed by atoms with van der Waals surface area (Å²) in [4.78, 5) is 22.4. The maximum absolute atomic E-state index is 11.5. The molecule has 0 bridgehead atoms. The fraction of sp³-hybridized carbons (Fsp3) is 0.231. The van der Waals surface area contributed by atoms with Crippen molar-refractivity contribution in [2.24, 2.45) is 5.73 Å². The van der Waals surface area contributed by atoms with Crippen molar-refractivity contribution < 1.29 is 19.5 Å². The minimum absolute atomic E-state index is 0.0203. The van der Waals surface area contributed by atoms with Crippen LogP contribution in [0, 0.1) is 0 Å². The number of benzene rings is 1. The van der Waals surface area contributed by atoms with Gasteiger partial charge in [0.05, 0.1) is 6.04 Å². The summed E-state index contributed by atoms with van der Waals surface area (Å²) in [6, 6.07) is 8.06. The van der Waals surface area contributed by atoms with E-state index in [9.17, 15) is 14.8 Å². The van der Waals surface area contributed by atoms with E-state index in [0.717, 1.165) is 5.56 Å². The third-order valence-corrected chi connectivity index (χ3v) is 2.58. The lowest BCUT2D eigenvalue weighted by Gasteiger charge is -2.22. The fourth-order valence-corrected chi connectivity index (χ4v) is 1.30. The molecule has 0 aliphatic heterocycles. The summed E-state index contributed by atoms with van der Waals surface area (Å²) >= 11 is 0. The predicted octanol–water partition coefficient (Wildman–Crippen LogP) is 1.44. The summed E-state index contributed by atoms with van der Waals surface area (Å²) < 4.78 is 4.88. The highest BCUT2D eigenvalue weighted by Gasteiger charge is 2.24. The van der Waals surface area contributed by atoms with Crippen molar-refractivity contribution in [2.75, 3.05) is 0 Å². The molecule has 19 heavy (non-hydrogen) atoms. The van der Waals surface area contributed by atoms with Gasteiger partial charge in [-0.05, 0) is 12.5 Å². The number of hydrogen-bond acceptors (Lipinski definition) is 4. The van der Waals surface area contributed by atoms with Gasteiger partial charge in [-0.3, -0.25) is 10.0 Å². The van der Waals surface area contributed by atoms with Crippen LogP contribution in [-0.2, 0) is 16.1 Å². The number of primary amides is 1. The van der Waals surface area contributed by atoms with Gasteiger partial charge in [0.15, 0.2) is 0 Å². The van der Waals surface area contributed by atoms with Crippen molar-refractivity contribution in [3.8, 4) is 0 Å². The first-order valence-electron chi connectivity index (χ1n) is 5.61. The Labute approximate surface area is 111 Å². The Morgan fingerprint density at radius 2 is 2.00 bits per heavy atom. The van der Waals surface area contributed by atoms with E-state index in [1.165, 1.54) is 6.92 Å². The van der Waals surface area contributed by atoms with E-state index in [2.05, 4.69) is 6.58 Å². The van der Waals surface area contributed by atoms with Crippen LogP contribution in [0.5, 0.6) is 0 Å². The summed E-state index contributed by atoms with van der Waals surface area (Å²) in [6.45, 7) is 4.83. The summed E-state index contributed by atoms with van der Waals surface area (Å²) in [5.41, 5.74) is 5.71. The molecule has 0 aromatic heterocycles. The topological polar surface area (TPSA) is 92.9 Å². The second-order valence-electron chi connectivity index (χ2n) is 3.95. The van der Waals surface area contributed by atoms with E-state index in [-0.39, 0.29) is 17.2 Å². The van der Waals surface area contributed by atoms with E-state index in [1.54, 1.807) is 24.3 Å². The summed E-state index contributed by atoms with van der Waals surface area (Å²) in [5, 5.41) is 9.86. The van der Waals surface area contributed by atoms with Gasteiger partial charge in [-0.15, -0.1) is 0 Å². The molecule has 1 aromatic carbocycles. The van der Waals surface area contributed by atoms with Gasteiger partial charge in [0, 0.05) is 5.57 Å². The van der Waals surface area contributed by atoms with Crippen LogP contribution in [0.3, 0.4) is 0 Å². The molecule has 0 heterocycles. The molecule has 0 aliphatic carbocycles. The molecule has 6 nitrogen and oxygen atoms in total. The van der Waals surface area contributed by atoms with Crippen LogP contribution in [-0.4, -0.2) is 28.3 Å². The van der Waals surface area contributed by atoms with Gasteiger partial charge < -0.3 is 10.5 Å². The van der Waals surface area contributed by atoms with E-state index in [0.29, 0.717) is 0 Å². The Bertz CT molecular complexity index is 473. The van der Waals surface area contributed by atoms with Gasteiger partial charge in [-0.25, -0.2) is 4.79 Å². The first-order chi connectivity index (χ1) is 8.93. The van der Waals surface area contributed by atoms with Crippen molar-refractivity contribution in [1.29, 1.82) is 0 Å². The minimum Gasteiger partial charge on any atom is -0.443 e. The van der Waals surface area contributed by atoms with Crippen LogP contribution in [0.15, 0.2) is 42.5 Å². The monoisotopic (exact) mass is 264 g/mol. The molecule has 0 saturated heterocycles. The number of nitrogens with two attached hydrogens (primary N) is 1. The Morgan fingerprint density at radius 3 is 2.53 bits per heavy atom. The molecule has 1 rings (SSSR count). The van der Waals surface area contributed by atoms with Crippen LogP contribution >= 0.6 is 0 Å². The number of carbonyl (C=O) groups is 2. The van der Waals surface area contributed by atoms with Crippen LogP contribution in [0.2, 0.25) is 0 Å². The summed E-state index contributed by atoms with van der Waals surface area (Å²) in [5.74, 6) is -0.789. The second kappa shape index (κ2) is 6.55. The Morgan fingerprint density at radius 1 is 1.42 bits per heavy atom. The molecule has 1 aromatic rings. The molecular weight excluding hydrogens is 248 g/mol. The average Bonchev–Trinajstić information content (AvgIpc) is 2.43. The molecule has 0 radical (unpaired) electrons. The van der Waals surface area contributed by atoms with Gasteiger partial charge in [0.2, 0.25) is 5.91 Å². The number of nitrogens with zero attached hydrogens (tertiary/aromatic N) is 1. The number of carbonyl (C=O) groups excluding carboxylic acids is 2. The SMILES string of the molecule is C=C(C(N)=O)C(C)N(O)C(=O)OCc1ccccc1. The zero-order valence-corrected chi connectivity index (χ0v) is 10.6. The maximum Gasteiger partial charge on any atom is 0.434 e. The van der Waals surface area contributed by atoms with Crippen molar-refractivity contribution in [3.05, 3.63) is 48.0 Å². The van der Waals surface area contributed by atoms with Crippen molar-refractivity contribution in [3.63, 3.8) is 0 Å². The second-order valence-corrected chi connectivity index (χ2v) is 3.95. The largest absolute Gasteiger partial charge is 0.443 e. The lowest BCUT2D eigenvalue weighted by Crippen LogP contribution is -2.40. The Hall–Kier alpha value is -2.34. The standard InChI is InChI=1S/C13H16N2O4/c1-9(12(14)16)10(2)15(18)13(17)19-8-11-6-4-3-5-7-11/h3-7,10,18H,1,8H2,2H3,(H2,14,16). The lowest BCUT2D eigenvalue weighted by molar-refractivity contribution is -0.119. The third-order valence-electron chi connectivity index (χ3n) is 2.58. The Kier molecular flexibility index (Phi) is 5.08.